The standard InChI is InChI=1S/C13H20N2O12S3/c1-7-5-15(13(17)14-11(7)16)12-10(27-30(4,22)23)9(26-29(3,20)21)8(25-12)6-24-28(2,18)19/h5,8-10,12H,6H2,1-4H3,(H,14,16,17). The fourth-order valence-electron chi connectivity index (χ4n) is 2.65. The van der Waals surface area contributed by atoms with E-state index in [0.29, 0.717) is 12.5 Å². The first-order valence-corrected chi connectivity index (χ1v) is 13.5. The van der Waals surface area contributed by atoms with Gasteiger partial charge in [0, 0.05) is 11.8 Å². The molecule has 0 amide bonds. The summed E-state index contributed by atoms with van der Waals surface area (Å²) in [7, 11) is -12.4. The Morgan fingerprint density at radius 2 is 1.50 bits per heavy atom. The number of hydrogen-bond donors (Lipinski definition) is 1. The molecule has 1 fully saturated rings. The lowest BCUT2D eigenvalue weighted by Gasteiger charge is -2.23. The zero-order chi connectivity index (χ0) is 23.1. The van der Waals surface area contributed by atoms with Crippen molar-refractivity contribution in [2.24, 2.45) is 0 Å². The normalized spacial score (nSPS) is 25.5. The van der Waals surface area contributed by atoms with Gasteiger partial charge in [0.25, 0.3) is 35.9 Å². The van der Waals surface area contributed by atoms with E-state index < -0.39 is 72.8 Å². The first-order valence-electron chi connectivity index (χ1n) is 8.05. The van der Waals surface area contributed by atoms with Crippen molar-refractivity contribution >= 4 is 30.4 Å². The van der Waals surface area contributed by atoms with Gasteiger partial charge in [-0.1, -0.05) is 0 Å². The van der Waals surface area contributed by atoms with Crippen molar-refractivity contribution in [2.75, 3.05) is 25.4 Å². The molecule has 0 aromatic carbocycles. The van der Waals surface area contributed by atoms with Crippen molar-refractivity contribution in [1.29, 1.82) is 0 Å². The van der Waals surface area contributed by atoms with E-state index in [1.165, 1.54) is 6.92 Å². The lowest BCUT2D eigenvalue weighted by molar-refractivity contribution is -0.0458. The van der Waals surface area contributed by atoms with Crippen LogP contribution >= 0.6 is 0 Å². The number of rotatable bonds is 8. The summed E-state index contributed by atoms with van der Waals surface area (Å²) in [6.45, 7) is 0.584. The van der Waals surface area contributed by atoms with Crippen molar-refractivity contribution in [3.8, 4) is 0 Å². The third-order valence-electron chi connectivity index (χ3n) is 3.72. The number of hydrogen-bond acceptors (Lipinski definition) is 12. The molecule has 17 heteroatoms. The molecule has 30 heavy (non-hydrogen) atoms. The van der Waals surface area contributed by atoms with Gasteiger partial charge in [-0.15, -0.1) is 0 Å². The topological polar surface area (TPSA) is 194 Å². The van der Waals surface area contributed by atoms with E-state index in [4.69, 9.17) is 13.1 Å². The molecule has 172 valence electrons. The molecule has 0 saturated carbocycles. The number of H-pyrrole nitrogens is 1. The molecule has 0 spiro atoms. The van der Waals surface area contributed by atoms with E-state index in [9.17, 15) is 34.8 Å². The first kappa shape index (κ1) is 24.6. The van der Waals surface area contributed by atoms with Crippen molar-refractivity contribution in [3.05, 3.63) is 32.6 Å². The van der Waals surface area contributed by atoms with E-state index in [1.807, 2.05) is 4.98 Å². The van der Waals surface area contributed by atoms with Crippen molar-refractivity contribution in [1.82, 2.24) is 9.55 Å². The van der Waals surface area contributed by atoms with Crippen LogP contribution in [-0.4, -0.2) is 78.5 Å². The maximum Gasteiger partial charge on any atom is 0.330 e. The van der Waals surface area contributed by atoms with Crippen LogP contribution in [0.2, 0.25) is 0 Å². The minimum Gasteiger partial charge on any atom is -0.346 e. The minimum absolute atomic E-state index is 0.0488. The number of aromatic nitrogens is 2. The zero-order valence-corrected chi connectivity index (χ0v) is 18.6. The summed E-state index contributed by atoms with van der Waals surface area (Å²) in [5.41, 5.74) is -1.68. The Morgan fingerprint density at radius 1 is 0.967 bits per heavy atom. The third kappa shape index (κ3) is 6.69. The van der Waals surface area contributed by atoms with Crippen LogP contribution in [0.15, 0.2) is 15.8 Å². The van der Waals surface area contributed by atoms with Gasteiger partial charge < -0.3 is 4.74 Å². The van der Waals surface area contributed by atoms with Crippen molar-refractivity contribution < 1.29 is 42.5 Å². The highest BCUT2D eigenvalue weighted by molar-refractivity contribution is 7.86. The van der Waals surface area contributed by atoms with E-state index in [1.54, 1.807) is 0 Å². The van der Waals surface area contributed by atoms with Crippen molar-refractivity contribution in [3.63, 3.8) is 0 Å². The molecule has 0 radical (unpaired) electrons. The second kappa shape index (κ2) is 8.48. The largest absolute Gasteiger partial charge is 0.346 e. The molecule has 0 bridgehead atoms. The van der Waals surface area contributed by atoms with E-state index >= 15 is 0 Å². The van der Waals surface area contributed by atoms with Crippen LogP contribution in [0.25, 0.3) is 0 Å². The molecule has 1 aromatic heterocycles. The summed E-state index contributed by atoms with van der Waals surface area (Å²) >= 11 is 0. The van der Waals surface area contributed by atoms with Crippen LogP contribution in [0.4, 0.5) is 0 Å². The Hall–Kier alpha value is -1.63. The highest BCUT2D eigenvalue weighted by Gasteiger charge is 2.51. The quantitative estimate of drug-likeness (QED) is 0.373. The highest BCUT2D eigenvalue weighted by atomic mass is 32.2. The van der Waals surface area contributed by atoms with Gasteiger partial charge in [-0.2, -0.15) is 25.3 Å². The number of nitrogens with one attached hydrogen (secondary N) is 1. The second-order valence-electron chi connectivity index (χ2n) is 6.56. The number of ether oxygens (including phenoxy) is 1. The van der Waals surface area contributed by atoms with Crippen LogP contribution in [-0.2, 0) is 47.6 Å². The summed E-state index contributed by atoms with van der Waals surface area (Å²) in [6, 6.07) is 0. The number of aryl methyl sites for hydroxylation is 1. The molecule has 14 nitrogen and oxygen atoms in total. The molecule has 2 heterocycles. The Kier molecular flexibility index (Phi) is 6.97. The molecule has 1 aliphatic heterocycles. The summed E-state index contributed by atoms with van der Waals surface area (Å²) < 4.78 is 90.2. The highest BCUT2D eigenvalue weighted by Crippen LogP contribution is 2.35. The predicted molar refractivity (Wildman–Crippen MR) is 100 cm³/mol. The van der Waals surface area contributed by atoms with Crippen LogP contribution in [0.1, 0.15) is 11.8 Å². The van der Waals surface area contributed by atoms with Crippen LogP contribution in [0.3, 0.4) is 0 Å². The lowest BCUT2D eigenvalue weighted by Crippen LogP contribution is -2.43. The SMILES string of the molecule is Cc1cn(C2OC(COS(C)(=O)=O)C(OS(C)(=O)=O)C2OS(C)(=O)=O)c(=O)[nH]c1=O. The van der Waals surface area contributed by atoms with Gasteiger partial charge in [-0.3, -0.25) is 26.9 Å². The molecular formula is C13H20N2O12S3. The summed E-state index contributed by atoms with van der Waals surface area (Å²) in [6.07, 6.45) is -3.43. The summed E-state index contributed by atoms with van der Waals surface area (Å²) in [4.78, 5) is 25.8. The molecule has 1 N–H and O–H groups in total. The third-order valence-corrected chi connectivity index (χ3v) is 5.43. The Morgan fingerprint density at radius 3 is 2.00 bits per heavy atom. The van der Waals surface area contributed by atoms with Gasteiger partial charge in [0.15, 0.2) is 12.3 Å². The Bertz CT molecular complexity index is 1230. The molecule has 1 saturated heterocycles. The van der Waals surface area contributed by atoms with Gasteiger partial charge in [0.1, 0.15) is 12.2 Å². The molecule has 0 aliphatic carbocycles. The average molecular weight is 493 g/mol. The number of nitrogens with zero attached hydrogens (tertiary/aromatic N) is 1. The first-order chi connectivity index (χ1) is 13.5. The Labute approximate surface area is 172 Å². The molecule has 2 rings (SSSR count). The van der Waals surface area contributed by atoms with Crippen LogP contribution in [0.5, 0.6) is 0 Å². The van der Waals surface area contributed by atoms with Gasteiger partial charge in [-0.05, 0) is 6.92 Å². The molecule has 1 aliphatic rings. The van der Waals surface area contributed by atoms with Gasteiger partial charge >= 0.3 is 5.69 Å². The van der Waals surface area contributed by atoms with Crippen molar-refractivity contribution in [2.45, 2.75) is 31.5 Å². The minimum atomic E-state index is -4.24. The van der Waals surface area contributed by atoms with Gasteiger partial charge in [0.2, 0.25) is 0 Å². The van der Waals surface area contributed by atoms with E-state index in [-0.39, 0.29) is 5.56 Å². The smallest absolute Gasteiger partial charge is 0.330 e. The summed E-state index contributed by atoms with van der Waals surface area (Å²) in [5.74, 6) is 0. The molecule has 4 unspecified atom stereocenters. The maximum atomic E-state index is 12.2. The summed E-state index contributed by atoms with van der Waals surface area (Å²) in [5, 5.41) is 0. The maximum absolute atomic E-state index is 12.2. The fourth-order valence-corrected chi connectivity index (χ4v) is 4.28. The second-order valence-corrected chi connectivity index (χ2v) is 11.4. The Balaban J connectivity index is 2.59. The molecule has 1 aromatic rings. The predicted octanol–water partition coefficient (Wildman–Crippen LogP) is -2.59. The lowest BCUT2D eigenvalue weighted by atomic mass is 10.1. The monoisotopic (exact) mass is 492 g/mol. The van der Waals surface area contributed by atoms with Gasteiger partial charge in [-0.25, -0.2) is 4.79 Å². The van der Waals surface area contributed by atoms with Gasteiger partial charge in [0.05, 0.1) is 25.4 Å². The fraction of sp³-hybridized carbons (Fsp3) is 0.692. The molecule has 4 atom stereocenters. The van der Waals surface area contributed by atoms with E-state index in [0.717, 1.165) is 17.0 Å². The average Bonchev–Trinajstić information content (AvgIpc) is 2.82. The zero-order valence-electron chi connectivity index (χ0n) is 16.2. The van der Waals surface area contributed by atoms with Crippen LogP contribution < -0.4 is 11.2 Å². The molecular weight excluding hydrogens is 472 g/mol. The van der Waals surface area contributed by atoms with E-state index in [2.05, 4.69) is 4.18 Å². The number of aromatic amines is 1. The van der Waals surface area contributed by atoms with Crippen LogP contribution in [0, 0.1) is 6.92 Å².